The number of nitrogens with one attached hydrogen (secondary N) is 2. The van der Waals surface area contributed by atoms with Crippen LogP contribution in [-0.2, 0) is 17.3 Å². The molecule has 0 aliphatic rings. The van der Waals surface area contributed by atoms with E-state index < -0.39 is 10.8 Å². The summed E-state index contributed by atoms with van der Waals surface area (Å²) in [5, 5.41) is 3.79. The lowest BCUT2D eigenvalue weighted by atomic mass is 10.2. The zero-order chi connectivity index (χ0) is 13.7. The summed E-state index contributed by atoms with van der Waals surface area (Å²) in [4.78, 5) is 19.0. The second-order valence-electron chi connectivity index (χ2n) is 4.34. The Morgan fingerprint density at radius 2 is 2.16 bits per heavy atom. The Balaban J connectivity index is 1.98. The minimum absolute atomic E-state index is 0.114. The Hall–Kier alpha value is -1.53. The first-order valence-corrected chi connectivity index (χ1v) is 7.88. The fourth-order valence-corrected chi connectivity index (χ4v) is 2.38. The molecule has 0 aliphatic heterocycles. The number of fused-ring (bicyclic) bond motifs is 1. The highest BCUT2D eigenvalue weighted by Gasteiger charge is 2.02. The summed E-state index contributed by atoms with van der Waals surface area (Å²) in [6.07, 6.45) is 2.54. The third-order valence-corrected chi connectivity index (χ3v) is 3.60. The second kappa shape index (κ2) is 6.58. The van der Waals surface area contributed by atoms with Crippen LogP contribution in [0.15, 0.2) is 29.1 Å². The molecular weight excluding hydrogens is 262 g/mol. The molecule has 1 aromatic heterocycles. The molecule has 5 nitrogen and oxygen atoms in total. The van der Waals surface area contributed by atoms with Crippen molar-refractivity contribution >= 4 is 21.7 Å². The van der Waals surface area contributed by atoms with Crippen LogP contribution in [0.2, 0.25) is 0 Å². The molecule has 2 N–H and O–H groups in total. The Kier molecular flexibility index (Phi) is 4.81. The van der Waals surface area contributed by atoms with Crippen LogP contribution < -0.4 is 10.9 Å². The Labute approximate surface area is 113 Å². The average Bonchev–Trinajstić information content (AvgIpc) is 2.38. The van der Waals surface area contributed by atoms with E-state index in [9.17, 15) is 9.00 Å². The van der Waals surface area contributed by atoms with Crippen molar-refractivity contribution in [2.24, 2.45) is 0 Å². The fraction of sp³-hybridized carbons (Fsp3) is 0.385. The summed E-state index contributed by atoms with van der Waals surface area (Å²) in [7, 11) is -0.749. The molecule has 1 atom stereocenters. The van der Waals surface area contributed by atoms with Crippen molar-refractivity contribution < 1.29 is 4.21 Å². The summed E-state index contributed by atoms with van der Waals surface area (Å²) in [6.45, 7) is 1.27. The quantitative estimate of drug-likeness (QED) is 0.766. The first kappa shape index (κ1) is 13.9. The Morgan fingerprint density at radius 1 is 1.37 bits per heavy atom. The van der Waals surface area contributed by atoms with Gasteiger partial charge in [-0.25, -0.2) is 4.98 Å². The number of hydrogen-bond donors (Lipinski definition) is 2. The standard InChI is InChI=1S/C13H17N3O2S/c1-19(18)8-4-7-14-9-12-15-11-6-3-2-5-10(11)13(17)16-12/h2-3,5-6,14H,4,7-9H2,1H3,(H,15,16,17). The maximum atomic E-state index is 11.8. The average molecular weight is 279 g/mol. The lowest BCUT2D eigenvalue weighted by Crippen LogP contribution is -2.21. The summed E-state index contributed by atoms with van der Waals surface area (Å²) < 4.78 is 10.9. The van der Waals surface area contributed by atoms with Gasteiger partial charge in [-0.2, -0.15) is 0 Å². The molecule has 0 saturated heterocycles. The number of H-pyrrole nitrogens is 1. The van der Waals surface area contributed by atoms with Gasteiger partial charge in [0.1, 0.15) is 5.82 Å². The van der Waals surface area contributed by atoms with Crippen molar-refractivity contribution in [3.05, 3.63) is 40.4 Å². The van der Waals surface area contributed by atoms with Crippen LogP contribution in [-0.4, -0.2) is 32.7 Å². The van der Waals surface area contributed by atoms with Crippen LogP contribution in [0, 0.1) is 0 Å². The first-order chi connectivity index (χ1) is 9.16. The van der Waals surface area contributed by atoms with E-state index in [-0.39, 0.29) is 5.56 Å². The number of aromatic amines is 1. The zero-order valence-corrected chi connectivity index (χ0v) is 11.6. The van der Waals surface area contributed by atoms with E-state index in [0.29, 0.717) is 29.0 Å². The summed E-state index contributed by atoms with van der Waals surface area (Å²) in [5.74, 6) is 1.32. The lowest BCUT2D eigenvalue weighted by Gasteiger charge is -2.04. The predicted octanol–water partition coefficient (Wildman–Crippen LogP) is 0.781. The summed E-state index contributed by atoms with van der Waals surface area (Å²) in [6, 6.07) is 7.27. The third kappa shape index (κ3) is 3.97. The van der Waals surface area contributed by atoms with Crippen molar-refractivity contribution in [2.75, 3.05) is 18.6 Å². The molecule has 0 radical (unpaired) electrons. The van der Waals surface area contributed by atoms with E-state index in [0.717, 1.165) is 13.0 Å². The Bertz CT molecular complexity index is 639. The highest BCUT2D eigenvalue weighted by atomic mass is 32.2. The van der Waals surface area contributed by atoms with Gasteiger partial charge in [0.05, 0.1) is 17.4 Å². The monoisotopic (exact) mass is 279 g/mol. The van der Waals surface area contributed by atoms with Gasteiger partial charge < -0.3 is 10.3 Å². The third-order valence-electron chi connectivity index (χ3n) is 2.74. The molecule has 102 valence electrons. The zero-order valence-electron chi connectivity index (χ0n) is 10.8. The topological polar surface area (TPSA) is 74.8 Å². The van der Waals surface area contributed by atoms with Gasteiger partial charge >= 0.3 is 0 Å². The highest BCUT2D eigenvalue weighted by Crippen LogP contribution is 2.05. The molecular formula is C13H17N3O2S. The number of aromatic nitrogens is 2. The van der Waals surface area contributed by atoms with Crippen LogP contribution in [0.4, 0.5) is 0 Å². The summed E-state index contributed by atoms with van der Waals surface area (Å²) in [5.41, 5.74) is 0.592. The van der Waals surface area contributed by atoms with E-state index in [1.165, 1.54) is 0 Å². The van der Waals surface area contributed by atoms with Crippen LogP contribution >= 0.6 is 0 Å². The van der Waals surface area contributed by atoms with Gasteiger partial charge in [0, 0.05) is 22.8 Å². The maximum Gasteiger partial charge on any atom is 0.258 e. The van der Waals surface area contributed by atoms with Gasteiger partial charge in [-0.3, -0.25) is 9.00 Å². The van der Waals surface area contributed by atoms with Crippen LogP contribution in [0.5, 0.6) is 0 Å². The van der Waals surface area contributed by atoms with Gasteiger partial charge in [-0.05, 0) is 25.1 Å². The minimum Gasteiger partial charge on any atom is -0.310 e. The molecule has 0 spiro atoms. The van der Waals surface area contributed by atoms with Crippen molar-refractivity contribution in [1.82, 2.24) is 15.3 Å². The number of hydrogen-bond acceptors (Lipinski definition) is 4. The Morgan fingerprint density at radius 3 is 2.95 bits per heavy atom. The van der Waals surface area contributed by atoms with Crippen molar-refractivity contribution in [2.45, 2.75) is 13.0 Å². The van der Waals surface area contributed by atoms with Crippen LogP contribution in [0.25, 0.3) is 10.9 Å². The van der Waals surface area contributed by atoms with E-state index >= 15 is 0 Å². The molecule has 0 fully saturated rings. The smallest absolute Gasteiger partial charge is 0.258 e. The molecule has 0 aliphatic carbocycles. The van der Waals surface area contributed by atoms with E-state index in [1.54, 1.807) is 12.3 Å². The van der Waals surface area contributed by atoms with Crippen LogP contribution in [0.1, 0.15) is 12.2 Å². The maximum absolute atomic E-state index is 11.8. The molecule has 1 unspecified atom stereocenters. The lowest BCUT2D eigenvalue weighted by molar-refractivity contribution is 0.645. The van der Waals surface area contributed by atoms with Crippen LogP contribution in [0.3, 0.4) is 0 Å². The molecule has 1 heterocycles. The van der Waals surface area contributed by atoms with Crippen molar-refractivity contribution in [3.8, 4) is 0 Å². The SMILES string of the molecule is CS(=O)CCCNCc1nc2ccccc2c(=O)[nH]1. The van der Waals surface area contributed by atoms with Gasteiger partial charge in [-0.15, -0.1) is 0 Å². The molecule has 2 aromatic rings. The molecule has 6 heteroatoms. The molecule has 0 bridgehead atoms. The number of benzene rings is 1. The van der Waals surface area contributed by atoms with Gasteiger partial charge in [0.15, 0.2) is 0 Å². The van der Waals surface area contributed by atoms with E-state index in [2.05, 4.69) is 15.3 Å². The summed E-state index contributed by atoms with van der Waals surface area (Å²) >= 11 is 0. The van der Waals surface area contributed by atoms with Gasteiger partial charge in [0.2, 0.25) is 0 Å². The minimum atomic E-state index is -0.749. The largest absolute Gasteiger partial charge is 0.310 e. The fourth-order valence-electron chi connectivity index (χ4n) is 1.83. The molecule has 2 rings (SSSR count). The number of rotatable bonds is 6. The molecule has 1 aromatic carbocycles. The van der Waals surface area contributed by atoms with Crippen molar-refractivity contribution in [3.63, 3.8) is 0 Å². The number of nitrogens with zero attached hydrogens (tertiary/aromatic N) is 1. The number of para-hydroxylation sites is 1. The molecule has 0 saturated carbocycles. The highest BCUT2D eigenvalue weighted by molar-refractivity contribution is 7.84. The van der Waals surface area contributed by atoms with Crippen molar-refractivity contribution in [1.29, 1.82) is 0 Å². The van der Waals surface area contributed by atoms with Gasteiger partial charge in [0.25, 0.3) is 5.56 Å². The predicted molar refractivity (Wildman–Crippen MR) is 77.6 cm³/mol. The normalized spacial score (nSPS) is 12.7. The van der Waals surface area contributed by atoms with E-state index in [1.807, 2.05) is 18.2 Å². The molecule has 19 heavy (non-hydrogen) atoms. The second-order valence-corrected chi connectivity index (χ2v) is 5.89. The van der Waals surface area contributed by atoms with E-state index in [4.69, 9.17) is 0 Å². The first-order valence-electron chi connectivity index (χ1n) is 6.15. The van der Waals surface area contributed by atoms with Gasteiger partial charge in [-0.1, -0.05) is 12.1 Å². The molecule has 0 amide bonds.